The summed E-state index contributed by atoms with van der Waals surface area (Å²) < 4.78 is 11.0. The van der Waals surface area contributed by atoms with Gasteiger partial charge in [0.2, 0.25) is 0 Å². The van der Waals surface area contributed by atoms with Gasteiger partial charge in [-0.15, -0.1) is 0 Å². The number of hydrogen-bond acceptors (Lipinski definition) is 5. The van der Waals surface area contributed by atoms with Crippen LogP contribution in [-0.2, 0) is 17.7 Å². The predicted octanol–water partition coefficient (Wildman–Crippen LogP) is 3.31. The third kappa shape index (κ3) is 3.52. The van der Waals surface area contributed by atoms with Gasteiger partial charge in [-0.3, -0.25) is 0 Å². The second-order valence-electron chi connectivity index (χ2n) is 6.66. The van der Waals surface area contributed by atoms with Crippen LogP contribution in [0.15, 0.2) is 65.2 Å². The molecule has 2 aromatic carbocycles. The standard InChI is InChI=1S/C21H19N3O2/c22-12-16-6-8-17(9-7-16)13-23-21(14-25-15-21)11-19-10-20(26-24-19)18-4-2-1-3-5-18/h1-10,23H,11,13-15H2. The van der Waals surface area contributed by atoms with Gasteiger partial charge in [-0.05, 0) is 17.7 Å². The van der Waals surface area contributed by atoms with Gasteiger partial charge in [-0.1, -0.05) is 47.6 Å². The zero-order valence-corrected chi connectivity index (χ0v) is 14.3. The van der Waals surface area contributed by atoms with Gasteiger partial charge in [0, 0.05) is 24.6 Å². The zero-order chi connectivity index (χ0) is 17.8. The third-order valence-electron chi connectivity index (χ3n) is 4.64. The van der Waals surface area contributed by atoms with Crippen LogP contribution < -0.4 is 5.32 Å². The molecule has 0 amide bonds. The molecule has 5 nitrogen and oxygen atoms in total. The Labute approximate surface area is 152 Å². The van der Waals surface area contributed by atoms with Gasteiger partial charge in [0.15, 0.2) is 5.76 Å². The minimum absolute atomic E-state index is 0.126. The molecule has 1 N–H and O–H groups in total. The number of rotatable bonds is 6. The molecule has 1 aromatic heterocycles. The Morgan fingerprint density at radius 2 is 1.85 bits per heavy atom. The van der Waals surface area contributed by atoms with Gasteiger partial charge in [0.05, 0.1) is 36.1 Å². The van der Waals surface area contributed by atoms with Crippen LogP contribution in [0.3, 0.4) is 0 Å². The number of aromatic nitrogens is 1. The van der Waals surface area contributed by atoms with E-state index in [4.69, 9.17) is 14.5 Å². The lowest BCUT2D eigenvalue weighted by Gasteiger charge is -2.42. The van der Waals surface area contributed by atoms with E-state index in [1.807, 2.05) is 60.7 Å². The molecule has 0 bridgehead atoms. The molecule has 1 fully saturated rings. The quantitative estimate of drug-likeness (QED) is 0.742. The summed E-state index contributed by atoms with van der Waals surface area (Å²) in [6.45, 7) is 2.02. The fourth-order valence-corrected chi connectivity index (χ4v) is 3.08. The molecule has 0 unspecified atom stereocenters. The van der Waals surface area contributed by atoms with Crippen LogP contribution in [-0.4, -0.2) is 23.9 Å². The summed E-state index contributed by atoms with van der Waals surface area (Å²) >= 11 is 0. The molecule has 130 valence electrons. The summed E-state index contributed by atoms with van der Waals surface area (Å²) in [6, 6.07) is 21.7. The molecule has 1 aliphatic rings. The highest BCUT2D eigenvalue weighted by molar-refractivity contribution is 5.56. The molecule has 2 heterocycles. The lowest BCUT2D eigenvalue weighted by atomic mass is 9.90. The number of benzene rings is 2. The van der Waals surface area contributed by atoms with E-state index in [-0.39, 0.29) is 5.54 Å². The first-order valence-electron chi connectivity index (χ1n) is 8.59. The minimum atomic E-state index is -0.126. The molecule has 5 heteroatoms. The lowest BCUT2D eigenvalue weighted by Crippen LogP contribution is -2.61. The van der Waals surface area contributed by atoms with Crippen LogP contribution in [0.25, 0.3) is 11.3 Å². The zero-order valence-electron chi connectivity index (χ0n) is 14.3. The average Bonchev–Trinajstić information content (AvgIpc) is 3.13. The Morgan fingerprint density at radius 3 is 2.50 bits per heavy atom. The first-order valence-corrected chi connectivity index (χ1v) is 8.59. The maximum Gasteiger partial charge on any atom is 0.167 e. The highest BCUT2D eigenvalue weighted by Gasteiger charge is 2.39. The number of ether oxygens (including phenoxy) is 1. The Kier molecular flexibility index (Phi) is 4.53. The van der Waals surface area contributed by atoms with Gasteiger partial charge < -0.3 is 14.6 Å². The van der Waals surface area contributed by atoms with E-state index in [2.05, 4.69) is 16.5 Å². The summed E-state index contributed by atoms with van der Waals surface area (Å²) in [7, 11) is 0. The van der Waals surface area contributed by atoms with Crippen molar-refractivity contribution in [2.45, 2.75) is 18.5 Å². The topological polar surface area (TPSA) is 71.1 Å². The molecule has 3 aromatic rings. The molecule has 0 atom stereocenters. The Bertz CT molecular complexity index is 906. The molecule has 0 radical (unpaired) electrons. The largest absolute Gasteiger partial charge is 0.377 e. The van der Waals surface area contributed by atoms with Crippen LogP contribution in [0.5, 0.6) is 0 Å². The van der Waals surface area contributed by atoms with Gasteiger partial charge in [0.25, 0.3) is 0 Å². The number of nitriles is 1. The molecule has 0 saturated carbocycles. The van der Waals surface area contributed by atoms with E-state index in [0.29, 0.717) is 18.8 Å². The van der Waals surface area contributed by atoms with Crippen molar-refractivity contribution in [3.63, 3.8) is 0 Å². The summed E-state index contributed by atoms with van der Waals surface area (Å²) in [6.07, 6.45) is 0.750. The molecular formula is C21H19N3O2. The molecule has 1 saturated heterocycles. The fraction of sp³-hybridized carbons (Fsp3) is 0.238. The smallest absolute Gasteiger partial charge is 0.167 e. The molecule has 0 aliphatic carbocycles. The molecular weight excluding hydrogens is 326 g/mol. The van der Waals surface area contributed by atoms with Crippen LogP contribution in [0.1, 0.15) is 16.8 Å². The van der Waals surface area contributed by atoms with E-state index < -0.39 is 0 Å². The van der Waals surface area contributed by atoms with Gasteiger partial charge in [0.1, 0.15) is 0 Å². The number of hydrogen-bond donors (Lipinski definition) is 1. The second kappa shape index (κ2) is 7.12. The lowest BCUT2D eigenvalue weighted by molar-refractivity contribution is -0.0755. The predicted molar refractivity (Wildman–Crippen MR) is 97.2 cm³/mol. The van der Waals surface area contributed by atoms with Crippen molar-refractivity contribution >= 4 is 0 Å². The van der Waals surface area contributed by atoms with E-state index in [1.165, 1.54) is 0 Å². The van der Waals surface area contributed by atoms with Crippen LogP contribution >= 0.6 is 0 Å². The van der Waals surface area contributed by atoms with Crippen molar-refractivity contribution in [1.82, 2.24) is 10.5 Å². The highest BCUT2D eigenvalue weighted by atomic mass is 16.5. The molecule has 26 heavy (non-hydrogen) atoms. The maximum absolute atomic E-state index is 8.89. The summed E-state index contributed by atoms with van der Waals surface area (Å²) in [5.74, 6) is 0.781. The summed E-state index contributed by atoms with van der Waals surface area (Å²) in [5, 5.41) is 16.7. The number of nitrogens with one attached hydrogen (secondary N) is 1. The normalized spacial score (nSPS) is 15.2. The van der Waals surface area contributed by atoms with Crippen molar-refractivity contribution in [3.8, 4) is 17.4 Å². The highest BCUT2D eigenvalue weighted by Crippen LogP contribution is 2.26. The summed E-state index contributed by atoms with van der Waals surface area (Å²) in [5.41, 5.74) is 3.63. The van der Waals surface area contributed by atoms with E-state index in [1.54, 1.807) is 0 Å². The molecule has 4 rings (SSSR count). The molecule has 1 aliphatic heterocycles. The fourth-order valence-electron chi connectivity index (χ4n) is 3.08. The van der Waals surface area contributed by atoms with E-state index in [9.17, 15) is 0 Å². The SMILES string of the molecule is N#Cc1ccc(CNC2(Cc3cc(-c4ccccc4)on3)COC2)cc1. The first-order chi connectivity index (χ1) is 12.8. The maximum atomic E-state index is 8.89. The summed E-state index contributed by atoms with van der Waals surface area (Å²) in [4.78, 5) is 0. The van der Waals surface area contributed by atoms with Crippen molar-refractivity contribution < 1.29 is 9.26 Å². The monoisotopic (exact) mass is 345 g/mol. The van der Waals surface area contributed by atoms with Crippen LogP contribution in [0, 0.1) is 11.3 Å². The second-order valence-corrected chi connectivity index (χ2v) is 6.66. The van der Waals surface area contributed by atoms with Crippen molar-refractivity contribution in [2.24, 2.45) is 0 Å². The Hall–Kier alpha value is -2.94. The van der Waals surface area contributed by atoms with Gasteiger partial charge in [-0.25, -0.2) is 0 Å². The number of nitrogens with zero attached hydrogens (tertiary/aromatic N) is 2. The van der Waals surface area contributed by atoms with Gasteiger partial charge >= 0.3 is 0 Å². The van der Waals surface area contributed by atoms with E-state index >= 15 is 0 Å². The van der Waals surface area contributed by atoms with E-state index in [0.717, 1.165) is 35.5 Å². The Morgan fingerprint density at radius 1 is 1.08 bits per heavy atom. The van der Waals surface area contributed by atoms with Crippen LogP contribution in [0.4, 0.5) is 0 Å². The van der Waals surface area contributed by atoms with Gasteiger partial charge in [-0.2, -0.15) is 5.26 Å². The van der Waals surface area contributed by atoms with Crippen molar-refractivity contribution in [1.29, 1.82) is 5.26 Å². The van der Waals surface area contributed by atoms with Crippen molar-refractivity contribution in [2.75, 3.05) is 13.2 Å². The first kappa shape index (κ1) is 16.5. The Balaban J connectivity index is 1.42. The minimum Gasteiger partial charge on any atom is -0.377 e. The van der Waals surface area contributed by atoms with Crippen molar-refractivity contribution in [3.05, 3.63) is 77.5 Å². The molecule has 0 spiro atoms. The van der Waals surface area contributed by atoms with Crippen LogP contribution in [0.2, 0.25) is 0 Å². The average molecular weight is 345 g/mol. The third-order valence-corrected chi connectivity index (χ3v) is 4.64.